The van der Waals surface area contributed by atoms with Gasteiger partial charge in [0.15, 0.2) is 0 Å². The van der Waals surface area contributed by atoms with Crippen molar-refractivity contribution in [2.24, 2.45) is 0 Å². The number of piperazine rings is 1. The zero-order chi connectivity index (χ0) is 18.8. The van der Waals surface area contributed by atoms with Crippen LogP contribution in [0.4, 0.5) is 14.9 Å². The SMILES string of the molecule is C[C@@H]1CN(Cc2ccc([N+](=O)[O-])c(F)c2)CCN1C(=O)OC(C)(C)C. The summed E-state index contributed by atoms with van der Waals surface area (Å²) >= 11 is 0. The van der Waals surface area contributed by atoms with Crippen molar-refractivity contribution in [3.8, 4) is 0 Å². The molecule has 2 rings (SSSR count). The lowest BCUT2D eigenvalue weighted by Gasteiger charge is -2.40. The fraction of sp³-hybridized carbons (Fsp3) is 0.588. The summed E-state index contributed by atoms with van der Waals surface area (Å²) in [6, 6.07) is 3.91. The number of rotatable bonds is 3. The third kappa shape index (κ3) is 5.12. The van der Waals surface area contributed by atoms with Crippen LogP contribution in [-0.2, 0) is 11.3 Å². The molecule has 1 aliphatic heterocycles. The van der Waals surface area contributed by atoms with E-state index in [4.69, 9.17) is 4.74 Å². The van der Waals surface area contributed by atoms with Crippen LogP contribution in [0.3, 0.4) is 0 Å². The highest BCUT2D eigenvalue weighted by Gasteiger charge is 2.30. The van der Waals surface area contributed by atoms with E-state index in [9.17, 15) is 19.3 Å². The number of carbonyl (C=O) groups is 1. The number of nitrogens with zero attached hydrogens (tertiary/aromatic N) is 3. The molecule has 25 heavy (non-hydrogen) atoms. The molecule has 1 fully saturated rings. The van der Waals surface area contributed by atoms with Crippen LogP contribution in [0.2, 0.25) is 0 Å². The van der Waals surface area contributed by atoms with Gasteiger partial charge in [0, 0.05) is 38.3 Å². The molecular formula is C17H24FN3O4. The molecule has 1 heterocycles. The fourth-order valence-corrected chi connectivity index (χ4v) is 2.82. The lowest BCUT2D eigenvalue weighted by molar-refractivity contribution is -0.387. The van der Waals surface area contributed by atoms with Gasteiger partial charge in [-0.15, -0.1) is 0 Å². The van der Waals surface area contributed by atoms with Crippen LogP contribution in [0.1, 0.15) is 33.3 Å². The van der Waals surface area contributed by atoms with Crippen molar-refractivity contribution >= 4 is 11.8 Å². The van der Waals surface area contributed by atoms with Gasteiger partial charge in [-0.1, -0.05) is 6.07 Å². The second-order valence-electron chi connectivity index (χ2n) is 7.30. The molecule has 0 saturated carbocycles. The molecule has 0 spiro atoms. The van der Waals surface area contributed by atoms with Crippen molar-refractivity contribution in [3.63, 3.8) is 0 Å². The molecule has 0 unspecified atom stereocenters. The normalized spacial score (nSPS) is 18.9. The van der Waals surface area contributed by atoms with Crippen LogP contribution < -0.4 is 0 Å². The molecule has 8 heteroatoms. The number of hydrogen-bond acceptors (Lipinski definition) is 5. The third-order valence-electron chi connectivity index (χ3n) is 3.95. The first-order valence-electron chi connectivity index (χ1n) is 8.21. The minimum atomic E-state index is -0.831. The Hall–Kier alpha value is -2.22. The van der Waals surface area contributed by atoms with Crippen LogP contribution in [-0.4, -0.2) is 52.1 Å². The molecule has 1 atom stereocenters. The number of carbonyl (C=O) groups excluding carboxylic acids is 1. The van der Waals surface area contributed by atoms with Crippen molar-refractivity contribution in [1.29, 1.82) is 0 Å². The van der Waals surface area contributed by atoms with E-state index < -0.39 is 22.0 Å². The molecule has 1 aromatic rings. The van der Waals surface area contributed by atoms with Gasteiger partial charge in [-0.05, 0) is 39.3 Å². The average Bonchev–Trinajstić information content (AvgIpc) is 2.45. The molecule has 0 aliphatic carbocycles. The predicted octanol–water partition coefficient (Wildman–Crippen LogP) is 3.18. The number of hydrogen-bond donors (Lipinski definition) is 0. The molecule has 0 bridgehead atoms. The highest BCUT2D eigenvalue weighted by atomic mass is 19.1. The van der Waals surface area contributed by atoms with Gasteiger partial charge >= 0.3 is 11.8 Å². The number of benzene rings is 1. The van der Waals surface area contributed by atoms with Crippen LogP contribution in [0.25, 0.3) is 0 Å². The maximum absolute atomic E-state index is 13.7. The van der Waals surface area contributed by atoms with Crippen molar-refractivity contribution < 1.29 is 18.8 Å². The largest absolute Gasteiger partial charge is 0.444 e. The van der Waals surface area contributed by atoms with E-state index >= 15 is 0 Å². The number of ether oxygens (including phenoxy) is 1. The van der Waals surface area contributed by atoms with Gasteiger partial charge in [0.05, 0.1) is 4.92 Å². The van der Waals surface area contributed by atoms with E-state index in [1.165, 1.54) is 12.1 Å². The Morgan fingerprint density at radius 3 is 2.60 bits per heavy atom. The van der Waals surface area contributed by atoms with Gasteiger partial charge in [0.1, 0.15) is 5.60 Å². The maximum Gasteiger partial charge on any atom is 0.410 e. The lowest BCUT2D eigenvalue weighted by atomic mass is 10.1. The van der Waals surface area contributed by atoms with Crippen molar-refractivity contribution in [2.45, 2.75) is 45.9 Å². The first kappa shape index (κ1) is 19.1. The quantitative estimate of drug-likeness (QED) is 0.616. The molecule has 1 aliphatic rings. The zero-order valence-electron chi connectivity index (χ0n) is 15.0. The fourth-order valence-electron chi connectivity index (χ4n) is 2.82. The van der Waals surface area contributed by atoms with Gasteiger partial charge in [-0.3, -0.25) is 15.0 Å². The number of halogens is 1. The summed E-state index contributed by atoms with van der Waals surface area (Å²) < 4.78 is 19.1. The first-order valence-corrected chi connectivity index (χ1v) is 8.21. The second-order valence-corrected chi connectivity index (χ2v) is 7.30. The molecule has 1 aromatic carbocycles. The van der Waals surface area contributed by atoms with Crippen LogP contribution >= 0.6 is 0 Å². The molecular weight excluding hydrogens is 329 g/mol. The van der Waals surface area contributed by atoms with Gasteiger partial charge in [-0.2, -0.15) is 4.39 Å². The van der Waals surface area contributed by atoms with E-state index in [-0.39, 0.29) is 12.1 Å². The highest BCUT2D eigenvalue weighted by Crippen LogP contribution is 2.21. The van der Waals surface area contributed by atoms with Crippen molar-refractivity contribution in [2.75, 3.05) is 19.6 Å². The molecule has 1 saturated heterocycles. The minimum absolute atomic E-state index is 0.0357. The van der Waals surface area contributed by atoms with Gasteiger partial charge < -0.3 is 9.64 Å². The Kier molecular flexibility index (Phi) is 5.62. The Morgan fingerprint density at radius 2 is 2.08 bits per heavy atom. The van der Waals surface area contributed by atoms with Crippen molar-refractivity contribution in [3.05, 3.63) is 39.7 Å². The summed E-state index contributed by atoms with van der Waals surface area (Å²) in [5, 5.41) is 10.7. The molecule has 7 nitrogen and oxygen atoms in total. The van der Waals surface area contributed by atoms with Gasteiger partial charge in [-0.25, -0.2) is 4.79 Å². The van der Waals surface area contributed by atoms with E-state index in [1.807, 2.05) is 27.7 Å². The number of nitro groups is 1. The van der Waals surface area contributed by atoms with Gasteiger partial charge in [0.25, 0.3) is 0 Å². The summed E-state index contributed by atoms with van der Waals surface area (Å²) in [5.41, 5.74) is -0.391. The number of nitro benzene ring substituents is 1. The van der Waals surface area contributed by atoms with Crippen molar-refractivity contribution in [1.82, 2.24) is 9.80 Å². The predicted molar refractivity (Wildman–Crippen MR) is 90.7 cm³/mol. The van der Waals surface area contributed by atoms with E-state index in [1.54, 1.807) is 11.0 Å². The minimum Gasteiger partial charge on any atom is -0.444 e. The standard InChI is InChI=1S/C17H24FN3O4/c1-12-10-19(7-8-20(12)16(22)25-17(2,3)4)11-13-5-6-15(21(23)24)14(18)9-13/h5-6,9,12H,7-8,10-11H2,1-4H3/t12-/m1/s1. The summed E-state index contributed by atoms with van der Waals surface area (Å²) in [4.78, 5) is 25.9. The summed E-state index contributed by atoms with van der Waals surface area (Å²) in [7, 11) is 0. The molecule has 1 amide bonds. The summed E-state index contributed by atoms with van der Waals surface area (Å²) in [6.07, 6.45) is -0.332. The van der Waals surface area contributed by atoms with Crippen LogP contribution in [0, 0.1) is 15.9 Å². The average molecular weight is 353 g/mol. The Balaban J connectivity index is 1.96. The van der Waals surface area contributed by atoms with Gasteiger partial charge in [0.2, 0.25) is 5.82 Å². The zero-order valence-corrected chi connectivity index (χ0v) is 15.0. The topological polar surface area (TPSA) is 75.9 Å². The number of amides is 1. The molecule has 0 N–H and O–H groups in total. The van der Waals surface area contributed by atoms with Crippen LogP contribution in [0.15, 0.2) is 18.2 Å². The second kappa shape index (κ2) is 7.35. The maximum atomic E-state index is 13.7. The smallest absolute Gasteiger partial charge is 0.410 e. The Morgan fingerprint density at radius 1 is 1.40 bits per heavy atom. The van der Waals surface area contributed by atoms with E-state index in [0.29, 0.717) is 31.7 Å². The summed E-state index contributed by atoms with van der Waals surface area (Å²) in [6.45, 7) is 9.67. The third-order valence-corrected chi connectivity index (χ3v) is 3.95. The monoisotopic (exact) mass is 353 g/mol. The Labute approximate surface area is 146 Å². The van der Waals surface area contributed by atoms with E-state index in [0.717, 1.165) is 0 Å². The molecule has 0 radical (unpaired) electrons. The molecule has 0 aromatic heterocycles. The lowest BCUT2D eigenvalue weighted by Crippen LogP contribution is -2.54. The molecule has 138 valence electrons. The first-order chi connectivity index (χ1) is 11.6. The van der Waals surface area contributed by atoms with E-state index in [2.05, 4.69) is 4.90 Å². The van der Waals surface area contributed by atoms with Crippen LogP contribution in [0.5, 0.6) is 0 Å². The Bertz CT molecular complexity index is 660. The summed E-state index contributed by atoms with van der Waals surface area (Å²) in [5.74, 6) is -0.831. The highest BCUT2D eigenvalue weighted by molar-refractivity contribution is 5.68.